The van der Waals surface area contributed by atoms with Crippen LogP contribution in [0.4, 0.5) is 5.95 Å². The van der Waals surface area contributed by atoms with Gasteiger partial charge in [0, 0.05) is 30.4 Å². The van der Waals surface area contributed by atoms with Crippen molar-refractivity contribution in [2.45, 2.75) is 51.6 Å². The molecule has 0 spiro atoms. The summed E-state index contributed by atoms with van der Waals surface area (Å²) >= 11 is 0. The van der Waals surface area contributed by atoms with Crippen LogP contribution < -0.4 is 15.4 Å². The second-order valence-corrected chi connectivity index (χ2v) is 5.21. The minimum Gasteiger partial charge on any atom is -0.481 e. The number of rotatable bonds is 4. The summed E-state index contributed by atoms with van der Waals surface area (Å²) in [5.74, 6) is 1.41. The quantitative estimate of drug-likeness (QED) is 0.899. The zero-order chi connectivity index (χ0) is 13.8. The highest BCUT2D eigenvalue weighted by Gasteiger charge is 2.25. The lowest BCUT2D eigenvalue weighted by Gasteiger charge is -2.35. The molecule has 1 aromatic rings. The number of nitrogens with zero attached hydrogens (tertiary/aromatic N) is 3. The first kappa shape index (κ1) is 14.1. The van der Waals surface area contributed by atoms with Crippen LogP contribution in [0.3, 0.4) is 0 Å². The highest BCUT2D eigenvalue weighted by molar-refractivity contribution is 5.35. The van der Waals surface area contributed by atoms with Crippen molar-refractivity contribution in [1.29, 1.82) is 0 Å². The van der Waals surface area contributed by atoms with E-state index in [2.05, 4.69) is 21.8 Å². The largest absolute Gasteiger partial charge is 0.481 e. The number of aryl methyl sites for hydroxylation is 1. The summed E-state index contributed by atoms with van der Waals surface area (Å²) in [6.07, 6.45) is 4.41. The number of anilines is 1. The SMILES string of the molecule is CCN(c1nc(C)cc(OC)n1)C1CCC(N)CC1. The average molecular weight is 264 g/mol. The van der Waals surface area contributed by atoms with Crippen LogP contribution in [-0.4, -0.2) is 35.7 Å². The summed E-state index contributed by atoms with van der Waals surface area (Å²) in [4.78, 5) is 11.3. The van der Waals surface area contributed by atoms with Crippen molar-refractivity contribution in [2.24, 2.45) is 5.73 Å². The monoisotopic (exact) mass is 264 g/mol. The third kappa shape index (κ3) is 3.35. The maximum atomic E-state index is 5.98. The van der Waals surface area contributed by atoms with Gasteiger partial charge in [-0.1, -0.05) is 0 Å². The minimum absolute atomic E-state index is 0.364. The standard InChI is InChI=1S/C14H24N4O/c1-4-18(12-7-5-11(15)6-8-12)14-16-10(2)9-13(17-14)19-3/h9,11-12H,4-8,15H2,1-3H3. The summed E-state index contributed by atoms with van der Waals surface area (Å²) in [5, 5.41) is 0. The lowest BCUT2D eigenvalue weighted by atomic mass is 9.91. The Kier molecular flexibility index (Phi) is 4.58. The van der Waals surface area contributed by atoms with Crippen LogP contribution in [0, 0.1) is 6.92 Å². The molecule has 0 bridgehead atoms. The predicted molar refractivity (Wildman–Crippen MR) is 76.6 cm³/mol. The maximum absolute atomic E-state index is 5.98. The number of hydrogen-bond donors (Lipinski definition) is 1. The van der Waals surface area contributed by atoms with Crippen LogP contribution in [0.15, 0.2) is 6.07 Å². The van der Waals surface area contributed by atoms with Crippen molar-refractivity contribution in [3.05, 3.63) is 11.8 Å². The van der Waals surface area contributed by atoms with Gasteiger partial charge in [0.25, 0.3) is 0 Å². The molecule has 1 saturated carbocycles. The highest BCUT2D eigenvalue weighted by Crippen LogP contribution is 2.26. The van der Waals surface area contributed by atoms with E-state index in [0.717, 1.165) is 43.9 Å². The fraction of sp³-hybridized carbons (Fsp3) is 0.714. The van der Waals surface area contributed by atoms with Gasteiger partial charge in [-0.05, 0) is 39.5 Å². The smallest absolute Gasteiger partial charge is 0.229 e. The zero-order valence-electron chi connectivity index (χ0n) is 12.1. The van der Waals surface area contributed by atoms with E-state index in [9.17, 15) is 0 Å². The Labute approximate surface area is 115 Å². The molecule has 0 saturated heterocycles. The number of hydrogen-bond acceptors (Lipinski definition) is 5. The molecule has 1 heterocycles. The van der Waals surface area contributed by atoms with Crippen LogP contribution in [-0.2, 0) is 0 Å². The summed E-state index contributed by atoms with van der Waals surface area (Å²) in [6.45, 7) is 5.03. The van der Waals surface area contributed by atoms with Gasteiger partial charge in [-0.2, -0.15) is 4.98 Å². The van der Waals surface area contributed by atoms with Crippen molar-refractivity contribution in [3.8, 4) is 5.88 Å². The summed E-state index contributed by atoms with van der Waals surface area (Å²) in [7, 11) is 1.64. The van der Waals surface area contributed by atoms with E-state index in [1.165, 1.54) is 0 Å². The van der Waals surface area contributed by atoms with E-state index in [4.69, 9.17) is 10.5 Å². The van der Waals surface area contributed by atoms with Gasteiger partial charge >= 0.3 is 0 Å². The van der Waals surface area contributed by atoms with Crippen molar-refractivity contribution in [1.82, 2.24) is 9.97 Å². The van der Waals surface area contributed by atoms with E-state index in [-0.39, 0.29) is 0 Å². The van der Waals surface area contributed by atoms with E-state index >= 15 is 0 Å². The van der Waals surface area contributed by atoms with Gasteiger partial charge in [0.1, 0.15) is 0 Å². The molecule has 1 fully saturated rings. The Bertz CT molecular complexity index is 416. The summed E-state index contributed by atoms with van der Waals surface area (Å²) in [5.41, 5.74) is 6.92. The summed E-state index contributed by atoms with van der Waals surface area (Å²) in [6, 6.07) is 2.72. The van der Waals surface area contributed by atoms with E-state index in [1.54, 1.807) is 7.11 Å². The van der Waals surface area contributed by atoms with Gasteiger partial charge in [-0.3, -0.25) is 0 Å². The second kappa shape index (κ2) is 6.19. The lowest BCUT2D eigenvalue weighted by molar-refractivity contribution is 0.370. The second-order valence-electron chi connectivity index (χ2n) is 5.21. The Morgan fingerprint density at radius 2 is 2.00 bits per heavy atom. The molecular weight excluding hydrogens is 240 g/mol. The molecule has 5 heteroatoms. The molecule has 1 aliphatic carbocycles. The Balaban J connectivity index is 2.19. The first-order valence-corrected chi connectivity index (χ1v) is 7.06. The number of aromatic nitrogens is 2. The molecule has 19 heavy (non-hydrogen) atoms. The molecular formula is C14H24N4O. The first-order chi connectivity index (χ1) is 9.13. The Morgan fingerprint density at radius 3 is 2.58 bits per heavy atom. The Hall–Kier alpha value is -1.36. The van der Waals surface area contributed by atoms with Crippen LogP contribution in [0.25, 0.3) is 0 Å². The highest BCUT2D eigenvalue weighted by atomic mass is 16.5. The van der Waals surface area contributed by atoms with Crippen molar-refractivity contribution < 1.29 is 4.74 Å². The van der Waals surface area contributed by atoms with Crippen LogP contribution in [0.1, 0.15) is 38.3 Å². The van der Waals surface area contributed by atoms with E-state index in [0.29, 0.717) is 18.0 Å². The molecule has 1 aliphatic rings. The molecule has 106 valence electrons. The van der Waals surface area contributed by atoms with E-state index in [1.807, 2.05) is 13.0 Å². The van der Waals surface area contributed by atoms with Crippen LogP contribution in [0.2, 0.25) is 0 Å². The fourth-order valence-electron chi connectivity index (χ4n) is 2.73. The molecule has 0 radical (unpaired) electrons. The topological polar surface area (TPSA) is 64.3 Å². The van der Waals surface area contributed by atoms with Gasteiger partial charge in [-0.15, -0.1) is 0 Å². The predicted octanol–water partition coefficient (Wildman–Crippen LogP) is 1.89. The van der Waals surface area contributed by atoms with E-state index < -0.39 is 0 Å². The van der Waals surface area contributed by atoms with Crippen LogP contribution >= 0.6 is 0 Å². The average Bonchev–Trinajstić information content (AvgIpc) is 2.41. The van der Waals surface area contributed by atoms with Gasteiger partial charge < -0.3 is 15.4 Å². The number of methoxy groups -OCH3 is 1. The van der Waals surface area contributed by atoms with Gasteiger partial charge in [-0.25, -0.2) is 4.98 Å². The molecule has 0 unspecified atom stereocenters. The zero-order valence-corrected chi connectivity index (χ0v) is 12.1. The molecule has 0 amide bonds. The molecule has 1 aromatic heterocycles. The van der Waals surface area contributed by atoms with Crippen molar-refractivity contribution >= 4 is 5.95 Å². The van der Waals surface area contributed by atoms with Gasteiger partial charge in [0.05, 0.1) is 7.11 Å². The molecule has 2 rings (SSSR count). The summed E-state index contributed by atoms with van der Waals surface area (Å²) < 4.78 is 5.24. The lowest BCUT2D eigenvalue weighted by Crippen LogP contribution is -2.41. The number of ether oxygens (including phenoxy) is 1. The van der Waals surface area contributed by atoms with Gasteiger partial charge in [0.2, 0.25) is 11.8 Å². The molecule has 5 nitrogen and oxygen atoms in total. The normalized spacial score (nSPS) is 23.2. The van der Waals surface area contributed by atoms with Gasteiger partial charge in [0.15, 0.2) is 0 Å². The minimum atomic E-state index is 0.364. The molecule has 0 aromatic carbocycles. The van der Waals surface area contributed by atoms with Crippen molar-refractivity contribution in [2.75, 3.05) is 18.6 Å². The fourth-order valence-corrected chi connectivity index (χ4v) is 2.73. The third-order valence-electron chi connectivity index (χ3n) is 3.81. The number of nitrogens with two attached hydrogens (primary N) is 1. The first-order valence-electron chi connectivity index (χ1n) is 7.06. The third-order valence-corrected chi connectivity index (χ3v) is 3.81. The Morgan fingerprint density at radius 1 is 1.32 bits per heavy atom. The van der Waals surface area contributed by atoms with Crippen molar-refractivity contribution in [3.63, 3.8) is 0 Å². The van der Waals surface area contributed by atoms with Crippen LogP contribution in [0.5, 0.6) is 5.88 Å². The molecule has 0 atom stereocenters. The maximum Gasteiger partial charge on any atom is 0.229 e. The molecule has 0 aliphatic heterocycles. The molecule has 2 N–H and O–H groups in total.